The molecule has 19 heavy (non-hydrogen) atoms. The highest BCUT2D eigenvalue weighted by Gasteiger charge is 2.15. The van der Waals surface area contributed by atoms with Gasteiger partial charge in [-0.2, -0.15) is 5.26 Å². The number of likely N-dealkylation sites (N-methyl/N-ethyl adjacent to an activating group) is 1. The first kappa shape index (κ1) is 15.5. The van der Waals surface area contributed by atoms with Crippen LogP contribution in [0.4, 0.5) is 0 Å². The summed E-state index contributed by atoms with van der Waals surface area (Å²) in [4.78, 5) is 2.29. The Morgan fingerprint density at radius 1 is 1.37 bits per heavy atom. The van der Waals surface area contributed by atoms with Crippen LogP contribution in [0.3, 0.4) is 0 Å². The van der Waals surface area contributed by atoms with Gasteiger partial charge in [0.2, 0.25) is 0 Å². The van der Waals surface area contributed by atoms with E-state index in [0.717, 1.165) is 24.4 Å². The fourth-order valence-electron chi connectivity index (χ4n) is 2.12. The number of rotatable bonds is 7. The minimum Gasteiger partial charge on any atom is -0.496 e. The van der Waals surface area contributed by atoms with E-state index in [1.165, 1.54) is 0 Å². The molecule has 1 aromatic rings. The lowest BCUT2D eigenvalue weighted by Crippen LogP contribution is -2.35. The maximum absolute atomic E-state index is 8.99. The van der Waals surface area contributed by atoms with Crippen molar-refractivity contribution < 1.29 is 9.47 Å². The Hall–Kier alpha value is -1.57. The molecule has 0 aliphatic rings. The molecule has 104 valence electrons. The quantitative estimate of drug-likeness (QED) is 0.757. The Kier molecular flexibility index (Phi) is 6.34. The second-order valence-corrected chi connectivity index (χ2v) is 4.51. The highest BCUT2D eigenvalue weighted by molar-refractivity contribution is 5.42. The highest BCUT2D eigenvalue weighted by Crippen LogP contribution is 2.22. The third-order valence-corrected chi connectivity index (χ3v) is 3.22. The van der Waals surface area contributed by atoms with Gasteiger partial charge in [-0.3, -0.25) is 4.90 Å². The topological polar surface area (TPSA) is 45.5 Å². The zero-order valence-electron chi connectivity index (χ0n) is 12.1. The van der Waals surface area contributed by atoms with Crippen molar-refractivity contribution in [1.82, 2.24) is 4.90 Å². The summed E-state index contributed by atoms with van der Waals surface area (Å²) in [7, 11) is 3.36. The van der Waals surface area contributed by atoms with E-state index in [1.807, 2.05) is 12.1 Å². The molecule has 0 fully saturated rings. The number of ether oxygens (including phenoxy) is 2. The van der Waals surface area contributed by atoms with Crippen molar-refractivity contribution in [2.24, 2.45) is 0 Å². The molecule has 1 rings (SSSR count). The first-order chi connectivity index (χ1) is 9.15. The molecule has 4 nitrogen and oxygen atoms in total. The second kappa shape index (κ2) is 7.78. The van der Waals surface area contributed by atoms with Crippen LogP contribution in [0.15, 0.2) is 18.2 Å². The van der Waals surface area contributed by atoms with Gasteiger partial charge in [-0.25, -0.2) is 0 Å². The van der Waals surface area contributed by atoms with Gasteiger partial charge in [-0.15, -0.1) is 0 Å². The van der Waals surface area contributed by atoms with Gasteiger partial charge < -0.3 is 9.47 Å². The normalized spacial score (nSPS) is 12.2. The predicted octanol–water partition coefficient (Wildman–Crippen LogP) is 2.42. The smallest absolute Gasteiger partial charge is 0.123 e. The van der Waals surface area contributed by atoms with E-state index in [9.17, 15) is 0 Å². The third kappa shape index (κ3) is 4.23. The van der Waals surface area contributed by atoms with E-state index >= 15 is 0 Å². The van der Waals surface area contributed by atoms with Crippen LogP contribution in [0.5, 0.6) is 5.75 Å². The first-order valence-electron chi connectivity index (χ1n) is 6.46. The van der Waals surface area contributed by atoms with Crippen molar-refractivity contribution in [2.45, 2.75) is 26.4 Å². The van der Waals surface area contributed by atoms with Crippen LogP contribution in [0.2, 0.25) is 0 Å². The van der Waals surface area contributed by atoms with Crippen molar-refractivity contribution in [3.8, 4) is 11.8 Å². The summed E-state index contributed by atoms with van der Waals surface area (Å²) in [6, 6.07) is 8.00. The molecule has 0 aliphatic heterocycles. The van der Waals surface area contributed by atoms with E-state index in [4.69, 9.17) is 14.7 Å². The van der Waals surface area contributed by atoms with Crippen molar-refractivity contribution >= 4 is 0 Å². The Labute approximate surface area is 115 Å². The summed E-state index contributed by atoms with van der Waals surface area (Å²) in [6.07, 6.45) is 0. The van der Waals surface area contributed by atoms with E-state index in [1.54, 1.807) is 20.3 Å². The Morgan fingerprint density at radius 3 is 2.63 bits per heavy atom. The second-order valence-electron chi connectivity index (χ2n) is 4.51. The summed E-state index contributed by atoms with van der Waals surface area (Å²) in [5.41, 5.74) is 1.69. The van der Waals surface area contributed by atoms with Gasteiger partial charge in [0, 0.05) is 25.3 Å². The van der Waals surface area contributed by atoms with Crippen LogP contribution in [0, 0.1) is 11.3 Å². The number of benzene rings is 1. The van der Waals surface area contributed by atoms with Gasteiger partial charge in [0.1, 0.15) is 5.75 Å². The largest absolute Gasteiger partial charge is 0.496 e. The molecule has 0 spiro atoms. The molecule has 0 N–H and O–H groups in total. The molecule has 1 unspecified atom stereocenters. The van der Waals surface area contributed by atoms with Gasteiger partial charge in [-0.05, 0) is 31.7 Å². The van der Waals surface area contributed by atoms with Gasteiger partial charge in [0.05, 0.1) is 25.3 Å². The van der Waals surface area contributed by atoms with Crippen LogP contribution < -0.4 is 4.74 Å². The van der Waals surface area contributed by atoms with E-state index < -0.39 is 0 Å². The Balaban J connectivity index is 2.92. The Bertz CT molecular complexity index is 440. The third-order valence-electron chi connectivity index (χ3n) is 3.22. The van der Waals surface area contributed by atoms with Crippen molar-refractivity contribution in [2.75, 3.05) is 27.4 Å². The van der Waals surface area contributed by atoms with E-state index in [2.05, 4.69) is 24.8 Å². The zero-order valence-corrected chi connectivity index (χ0v) is 12.1. The molecule has 0 saturated carbocycles. The predicted molar refractivity (Wildman–Crippen MR) is 75.1 cm³/mol. The molecular formula is C15H22N2O2. The fraction of sp³-hybridized carbons (Fsp3) is 0.533. The Morgan fingerprint density at radius 2 is 2.11 bits per heavy atom. The molecule has 1 atom stereocenters. The maximum atomic E-state index is 8.99. The molecule has 0 amide bonds. The summed E-state index contributed by atoms with van der Waals surface area (Å²) in [5.74, 6) is 0.821. The van der Waals surface area contributed by atoms with E-state index in [-0.39, 0.29) is 0 Å². The minimum absolute atomic E-state index is 0.324. The number of nitrogens with zero attached hydrogens (tertiary/aromatic N) is 2. The number of nitriles is 1. The van der Waals surface area contributed by atoms with Gasteiger partial charge in [-0.1, -0.05) is 6.92 Å². The van der Waals surface area contributed by atoms with Crippen LogP contribution in [0.25, 0.3) is 0 Å². The highest BCUT2D eigenvalue weighted by atomic mass is 16.5. The molecule has 0 aromatic heterocycles. The molecule has 0 radical (unpaired) electrons. The lowest BCUT2D eigenvalue weighted by Gasteiger charge is -2.28. The first-order valence-corrected chi connectivity index (χ1v) is 6.46. The molecule has 0 heterocycles. The molecule has 0 aliphatic carbocycles. The average Bonchev–Trinajstić information content (AvgIpc) is 2.44. The minimum atomic E-state index is 0.324. The van der Waals surface area contributed by atoms with E-state index in [0.29, 0.717) is 18.2 Å². The monoisotopic (exact) mass is 262 g/mol. The van der Waals surface area contributed by atoms with Gasteiger partial charge in [0.15, 0.2) is 0 Å². The maximum Gasteiger partial charge on any atom is 0.123 e. The summed E-state index contributed by atoms with van der Waals surface area (Å²) >= 11 is 0. The average molecular weight is 262 g/mol. The molecule has 4 heteroatoms. The number of hydrogen-bond acceptors (Lipinski definition) is 4. The fourth-order valence-corrected chi connectivity index (χ4v) is 2.12. The summed E-state index contributed by atoms with van der Waals surface area (Å²) in [6.45, 7) is 6.61. The summed E-state index contributed by atoms with van der Waals surface area (Å²) < 4.78 is 10.6. The van der Waals surface area contributed by atoms with Crippen molar-refractivity contribution in [3.63, 3.8) is 0 Å². The van der Waals surface area contributed by atoms with Gasteiger partial charge in [0.25, 0.3) is 0 Å². The van der Waals surface area contributed by atoms with Crippen LogP contribution >= 0.6 is 0 Å². The SMILES string of the molecule is CCN(Cc1cc(C#N)ccc1OC)C(C)COC. The molecule has 0 saturated heterocycles. The molecule has 0 bridgehead atoms. The lowest BCUT2D eigenvalue weighted by atomic mass is 10.1. The van der Waals surface area contributed by atoms with Gasteiger partial charge >= 0.3 is 0 Å². The van der Waals surface area contributed by atoms with Crippen LogP contribution in [-0.4, -0.2) is 38.3 Å². The van der Waals surface area contributed by atoms with Crippen LogP contribution in [0.1, 0.15) is 25.0 Å². The van der Waals surface area contributed by atoms with Crippen molar-refractivity contribution in [1.29, 1.82) is 5.26 Å². The molecular weight excluding hydrogens is 240 g/mol. The lowest BCUT2D eigenvalue weighted by molar-refractivity contribution is 0.0976. The summed E-state index contributed by atoms with van der Waals surface area (Å²) in [5, 5.41) is 8.99. The van der Waals surface area contributed by atoms with Crippen LogP contribution in [-0.2, 0) is 11.3 Å². The molecule has 1 aromatic carbocycles. The standard InChI is InChI=1S/C15H22N2O2/c1-5-17(12(2)11-18-3)10-14-8-13(9-16)6-7-15(14)19-4/h6-8,12H,5,10-11H2,1-4H3. The number of hydrogen-bond donors (Lipinski definition) is 0. The number of methoxy groups -OCH3 is 2. The van der Waals surface area contributed by atoms with Crippen molar-refractivity contribution in [3.05, 3.63) is 29.3 Å². The zero-order chi connectivity index (χ0) is 14.3.